The van der Waals surface area contributed by atoms with Gasteiger partial charge in [-0.1, -0.05) is 97.1 Å². The summed E-state index contributed by atoms with van der Waals surface area (Å²) in [5, 5.41) is 16.2. The SMILES string of the molecule is C/C=c1/nc(C)nc(NCc2ccccc2)/c1=C/C(OCc1ccccc1)[C@H](O)COCc1ccccc1. The minimum absolute atomic E-state index is 0.121. The Labute approximate surface area is 224 Å². The third-order valence-corrected chi connectivity index (χ3v) is 6.06. The molecule has 0 bridgehead atoms. The van der Waals surface area contributed by atoms with Gasteiger partial charge in [0.25, 0.3) is 0 Å². The number of aryl methyl sites for hydroxylation is 1. The summed E-state index contributed by atoms with van der Waals surface area (Å²) in [6, 6.07) is 30.0. The van der Waals surface area contributed by atoms with Gasteiger partial charge in [-0.2, -0.15) is 0 Å². The van der Waals surface area contributed by atoms with Crippen molar-refractivity contribution in [1.29, 1.82) is 0 Å². The van der Waals surface area contributed by atoms with Gasteiger partial charge in [0.05, 0.1) is 25.2 Å². The number of nitrogens with zero attached hydrogens (tertiary/aromatic N) is 2. The second-order valence-corrected chi connectivity index (χ2v) is 9.04. The molecule has 4 aromatic rings. The largest absolute Gasteiger partial charge is 0.388 e. The number of aromatic nitrogens is 2. The highest BCUT2D eigenvalue weighted by molar-refractivity contribution is 5.47. The number of aliphatic hydroxyl groups is 1. The molecule has 0 aliphatic rings. The minimum Gasteiger partial charge on any atom is -0.388 e. The van der Waals surface area contributed by atoms with E-state index in [4.69, 9.17) is 9.47 Å². The summed E-state index contributed by atoms with van der Waals surface area (Å²) in [7, 11) is 0. The van der Waals surface area contributed by atoms with Crippen molar-refractivity contribution < 1.29 is 14.6 Å². The van der Waals surface area contributed by atoms with Crippen molar-refractivity contribution >= 4 is 18.0 Å². The fraction of sp³-hybridized carbons (Fsp3) is 0.250. The van der Waals surface area contributed by atoms with Crippen molar-refractivity contribution in [1.82, 2.24) is 9.97 Å². The first-order valence-electron chi connectivity index (χ1n) is 12.9. The van der Waals surface area contributed by atoms with Crippen LogP contribution in [-0.4, -0.2) is 33.9 Å². The molecule has 6 heteroatoms. The summed E-state index contributed by atoms with van der Waals surface area (Å²) in [5.41, 5.74) is 3.21. The molecule has 1 heterocycles. The Kier molecular flexibility index (Phi) is 10.2. The molecule has 1 unspecified atom stereocenters. The number of benzene rings is 3. The highest BCUT2D eigenvalue weighted by atomic mass is 16.5. The van der Waals surface area contributed by atoms with Crippen LogP contribution in [-0.2, 0) is 29.2 Å². The molecule has 0 aliphatic heterocycles. The minimum atomic E-state index is -0.893. The molecule has 0 aliphatic carbocycles. The number of aliphatic hydroxyl groups excluding tert-OH is 1. The number of rotatable bonds is 12. The number of ether oxygens (including phenoxy) is 2. The number of hydrogen-bond acceptors (Lipinski definition) is 6. The molecule has 0 saturated heterocycles. The molecule has 2 N–H and O–H groups in total. The van der Waals surface area contributed by atoms with E-state index in [1.807, 2.05) is 105 Å². The lowest BCUT2D eigenvalue weighted by Gasteiger charge is -2.21. The molecule has 2 atom stereocenters. The molecule has 0 amide bonds. The summed E-state index contributed by atoms with van der Waals surface area (Å²) in [6.45, 7) is 5.31. The zero-order chi connectivity index (χ0) is 26.6. The molecule has 0 radical (unpaired) electrons. The van der Waals surface area contributed by atoms with Crippen LogP contribution in [0, 0.1) is 6.92 Å². The lowest BCUT2D eigenvalue weighted by molar-refractivity contribution is -0.0539. The van der Waals surface area contributed by atoms with Crippen molar-refractivity contribution in [2.45, 2.75) is 45.8 Å². The highest BCUT2D eigenvalue weighted by Crippen LogP contribution is 2.11. The molecule has 0 spiro atoms. The van der Waals surface area contributed by atoms with Crippen LogP contribution in [0.3, 0.4) is 0 Å². The zero-order valence-electron chi connectivity index (χ0n) is 22.0. The van der Waals surface area contributed by atoms with Gasteiger partial charge in [0.1, 0.15) is 23.9 Å². The number of anilines is 1. The van der Waals surface area contributed by atoms with Crippen LogP contribution in [0.2, 0.25) is 0 Å². The molecular formula is C32H35N3O3. The van der Waals surface area contributed by atoms with Crippen molar-refractivity contribution in [3.8, 4) is 0 Å². The van der Waals surface area contributed by atoms with Crippen LogP contribution in [0.5, 0.6) is 0 Å². The average molecular weight is 510 g/mol. The first-order chi connectivity index (χ1) is 18.6. The van der Waals surface area contributed by atoms with E-state index >= 15 is 0 Å². The fourth-order valence-corrected chi connectivity index (χ4v) is 4.07. The second kappa shape index (κ2) is 14.2. The Bertz CT molecular complexity index is 1380. The summed E-state index contributed by atoms with van der Waals surface area (Å²) in [4.78, 5) is 9.32. The average Bonchev–Trinajstić information content (AvgIpc) is 2.96. The van der Waals surface area contributed by atoms with E-state index in [0.717, 1.165) is 27.3 Å². The highest BCUT2D eigenvalue weighted by Gasteiger charge is 2.19. The second-order valence-electron chi connectivity index (χ2n) is 9.04. The van der Waals surface area contributed by atoms with E-state index in [1.54, 1.807) is 0 Å². The van der Waals surface area contributed by atoms with Crippen LogP contribution in [0.25, 0.3) is 12.2 Å². The number of nitrogens with one attached hydrogen (secondary N) is 1. The van der Waals surface area contributed by atoms with Crippen molar-refractivity contribution in [2.75, 3.05) is 11.9 Å². The normalized spacial score (nSPS) is 13.9. The van der Waals surface area contributed by atoms with Gasteiger partial charge in [-0.25, -0.2) is 9.97 Å². The molecule has 1 aromatic heterocycles. The standard InChI is InChI=1S/C32H35N3O3/c1-3-29-28(32(35-24(2)34-29)33-20-25-13-7-4-8-14-25)19-31(38-22-27-17-11-6-12-18-27)30(36)23-37-21-26-15-9-5-10-16-26/h3-19,30-31,36H,20-23H2,1-2H3,(H,33,34,35)/b28-19+,29-3+/t30-,31?/m1/s1. The molecule has 4 rings (SSSR count). The van der Waals surface area contributed by atoms with Crippen LogP contribution in [0.15, 0.2) is 91.0 Å². The van der Waals surface area contributed by atoms with Gasteiger partial charge in [-0.15, -0.1) is 0 Å². The van der Waals surface area contributed by atoms with E-state index < -0.39 is 12.2 Å². The summed E-state index contributed by atoms with van der Waals surface area (Å²) in [6.07, 6.45) is 2.31. The van der Waals surface area contributed by atoms with Crippen LogP contribution >= 0.6 is 0 Å². The van der Waals surface area contributed by atoms with E-state index in [2.05, 4.69) is 27.4 Å². The Morgan fingerprint density at radius 2 is 1.39 bits per heavy atom. The molecule has 3 aromatic carbocycles. The number of hydrogen-bond donors (Lipinski definition) is 2. The van der Waals surface area contributed by atoms with Gasteiger partial charge in [-0.3, -0.25) is 0 Å². The summed E-state index contributed by atoms with van der Waals surface area (Å²) >= 11 is 0. The van der Waals surface area contributed by atoms with Gasteiger partial charge in [0.15, 0.2) is 0 Å². The Balaban J connectivity index is 1.61. The fourth-order valence-electron chi connectivity index (χ4n) is 4.07. The molecule has 38 heavy (non-hydrogen) atoms. The van der Waals surface area contributed by atoms with E-state index in [1.165, 1.54) is 0 Å². The third kappa shape index (κ3) is 8.08. The maximum Gasteiger partial charge on any atom is 0.137 e. The topological polar surface area (TPSA) is 76.5 Å². The van der Waals surface area contributed by atoms with Crippen LogP contribution in [0.1, 0.15) is 29.4 Å². The van der Waals surface area contributed by atoms with E-state index in [9.17, 15) is 5.11 Å². The Morgan fingerprint density at radius 3 is 2.00 bits per heavy atom. The quantitative estimate of drug-likeness (QED) is 0.299. The van der Waals surface area contributed by atoms with Gasteiger partial charge in [-0.05, 0) is 36.6 Å². The predicted molar refractivity (Wildman–Crippen MR) is 152 cm³/mol. The lowest BCUT2D eigenvalue weighted by atomic mass is 10.1. The Morgan fingerprint density at radius 1 is 0.816 bits per heavy atom. The molecule has 6 nitrogen and oxygen atoms in total. The summed E-state index contributed by atoms with van der Waals surface area (Å²) < 4.78 is 12.1. The first kappa shape index (κ1) is 27.2. The van der Waals surface area contributed by atoms with Gasteiger partial charge < -0.3 is 19.9 Å². The molecule has 0 saturated carbocycles. The molecular weight excluding hydrogens is 474 g/mol. The summed E-state index contributed by atoms with van der Waals surface area (Å²) in [5.74, 6) is 1.36. The van der Waals surface area contributed by atoms with Crippen LogP contribution < -0.4 is 15.9 Å². The van der Waals surface area contributed by atoms with E-state index in [-0.39, 0.29) is 6.61 Å². The zero-order valence-corrected chi connectivity index (χ0v) is 22.0. The molecule has 0 fully saturated rings. The van der Waals surface area contributed by atoms with Gasteiger partial charge in [0, 0.05) is 11.8 Å². The molecule has 196 valence electrons. The van der Waals surface area contributed by atoms with E-state index in [0.29, 0.717) is 31.4 Å². The first-order valence-corrected chi connectivity index (χ1v) is 12.9. The van der Waals surface area contributed by atoms with Gasteiger partial charge >= 0.3 is 0 Å². The predicted octanol–water partition coefficient (Wildman–Crippen LogP) is 4.14. The Hall–Kier alpha value is -3.84. The van der Waals surface area contributed by atoms with Crippen LogP contribution in [0.4, 0.5) is 5.82 Å². The van der Waals surface area contributed by atoms with Crippen molar-refractivity contribution in [3.05, 3.63) is 124 Å². The smallest absolute Gasteiger partial charge is 0.137 e. The van der Waals surface area contributed by atoms with Crippen molar-refractivity contribution in [2.24, 2.45) is 0 Å². The van der Waals surface area contributed by atoms with Gasteiger partial charge in [0.2, 0.25) is 0 Å². The lowest BCUT2D eigenvalue weighted by Crippen LogP contribution is -2.39. The maximum absolute atomic E-state index is 11.2. The maximum atomic E-state index is 11.2. The van der Waals surface area contributed by atoms with Crippen molar-refractivity contribution in [3.63, 3.8) is 0 Å². The monoisotopic (exact) mass is 509 g/mol. The third-order valence-electron chi connectivity index (χ3n) is 6.06.